The average molecular weight is 214 g/mol. The molecule has 1 unspecified atom stereocenters. The molecule has 0 saturated heterocycles. The predicted octanol–water partition coefficient (Wildman–Crippen LogP) is 2.71. The fraction of sp³-hybridized carbons (Fsp3) is 0.357. The molecule has 0 aromatic heterocycles. The van der Waals surface area contributed by atoms with Crippen LogP contribution in [0.2, 0.25) is 0 Å². The minimum atomic E-state index is 0.272. The van der Waals surface area contributed by atoms with Crippen molar-refractivity contribution in [2.24, 2.45) is 0 Å². The number of phenolic OH excluding ortho intramolecular Hbond substituents is 1. The number of carbonyl (C=O) groups excluding carboxylic acids is 1. The molecular weight excluding hydrogens is 200 g/mol. The highest BCUT2D eigenvalue weighted by Crippen LogP contribution is 2.41. The summed E-state index contributed by atoms with van der Waals surface area (Å²) in [5, 5.41) is 9.46. The lowest BCUT2D eigenvalue weighted by molar-refractivity contribution is -0.115. The molecule has 0 amide bonds. The summed E-state index contributed by atoms with van der Waals surface area (Å²) in [4.78, 5) is 11.4. The third-order valence-corrected chi connectivity index (χ3v) is 3.66. The van der Waals surface area contributed by atoms with E-state index in [1.54, 1.807) is 6.07 Å². The summed E-state index contributed by atoms with van der Waals surface area (Å²) in [6, 6.07) is 5.62. The Hall–Kier alpha value is -1.57. The number of ketones is 1. The first-order valence-electron chi connectivity index (χ1n) is 5.79. The zero-order chi connectivity index (χ0) is 11.1. The fourth-order valence-electron chi connectivity index (χ4n) is 2.88. The molecule has 1 aromatic carbocycles. The molecule has 82 valence electrons. The molecule has 0 radical (unpaired) electrons. The quantitative estimate of drug-likeness (QED) is 0.721. The molecular formula is C14H14O2. The van der Waals surface area contributed by atoms with Crippen LogP contribution in [0.5, 0.6) is 5.75 Å². The van der Waals surface area contributed by atoms with E-state index in [9.17, 15) is 9.90 Å². The topological polar surface area (TPSA) is 37.3 Å². The van der Waals surface area contributed by atoms with E-state index in [0.717, 1.165) is 19.3 Å². The SMILES string of the molecule is O=C1C=C2CCc3cc(O)ccc3C2CC1. The summed E-state index contributed by atoms with van der Waals surface area (Å²) < 4.78 is 0. The van der Waals surface area contributed by atoms with Gasteiger partial charge < -0.3 is 5.11 Å². The molecule has 2 heteroatoms. The minimum Gasteiger partial charge on any atom is -0.508 e. The van der Waals surface area contributed by atoms with Gasteiger partial charge in [0.15, 0.2) is 5.78 Å². The van der Waals surface area contributed by atoms with Gasteiger partial charge in [0, 0.05) is 12.3 Å². The van der Waals surface area contributed by atoms with Crippen LogP contribution >= 0.6 is 0 Å². The van der Waals surface area contributed by atoms with Gasteiger partial charge in [-0.05, 0) is 48.6 Å². The van der Waals surface area contributed by atoms with Crippen molar-refractivity contribution in [2.45, 2.75) is 31.6 Å². The van der Waals surface area contributed by atoms with E-state index in [1.807, 2.05) is 18.2 Å². The number of hydrogen-bond acceptors (Lipinski definition) is 2. The van der Waals surface area contributed by atoms with Gasteiger partial charge in [-0.3, -0.25) is 4.79 Å². The molecule has 1 atom stereocenters. The highest BCUT2D eigenvalue weighted by molar-refractivity contribution is 5.91. The van der Waals surface area contributed by atoms with E-state index in [0.29, 0.717) is 18.1 Å². The molecule has 0 fully saturated rings. The largest absolute Gasteiger partial charge is 0.508 e. The highest BCUT2D eigenvalue weighted by atomic mass is 16.3. The smallest absolute Gasteiger partial charge is 0.155 e. The normalized spacial score (nSPS) is 23.4. The Morgan fingerprint density at radius 3 is 2.94 bits per heavy atom. The van der Waals surface area contributed by atoms with Crippen molar-refractivity contribution in [3.8, 4) is 5.75 Å². The molecule has 16 heavy (non-hydrogen) atoms. The number of fused-ring (bicyclic) bond motifs is 3. The number of carbonyl (C=O) groups is 1. The van der Waals surface area contributed by atoms with Crippen molar-refractivity contribution in [2.75, 3.05) is 0 Å². The van der Waals surface area contributed by atoms with Crippen LogP contribution in [0.4, 0.5) is 0 Å². The Labute approximate surface area is 94.6 Å². The highest BCUT2D eigenvalue weighted by Gasteiger charge is 2.28. The first kappa shape index (κ1) is 9.64. The lowest BCUT2D eigenvalue weighted by atomic mass is 9.74. The maximum atomic E-state index is 11.4. The van der Waals surface area contributed by atoms with E-state index < -0.39 is 0 Å². The van der Waals surface area contributed by atoms with Gasteiger partial charge >= 0.3 is 0 Å². The maximum absolute atomic E-state index is 11.4. The number of phenols is 1. The Balaban J connectivity index is 2.07. The average Bonchev–Trinajstić information content (AvgIpc) is 2.28. The van der Waals surface area contributed by atoms with Crippen LogP contribution in [0.25, 0.3) is 0 Å². The monoisotopic (exact) mass is 214 g/mol. The summed E-state index contributed by atoms with van der Waals surface area (Å²) in [6.07, 6.45) is 5.34. The summed E-state index contributed by atoms with van der Waals surface area (Å²) in [5.41, 5.74) is 3.84. The van der Waals surface area contributed by atoms with Gasteiger partial charge in [-0.25, -0.2) is 0 Å². The van der Waals surface area contributed by atoms with Gasteiger partial charge in [0.25, 0.3) is 0 Å². The molecule has 0 spiro atoms. The molecule has 1 aromatic rings. The van der Waals surface area contributed by atoms with E-state index in [4.69, 9.17) is 0 Å². The lowest BCUT2D eigenvalue weighted by Crippen LogP contribution is -2.18. The molecule has 2 aliphatic carbocycles. The second-order valence-electron chi connectivity index (χ2n) is 4.66. The molecule has 0 heterocycles. The van der Waals surface area contributed by atoms with Crippen molar-refractivity contribution in [1.82, 2.24) is 0 Å². The van der Waals surface area contributed by atoms with E-state index in [-0.39, 0.29) is 5.78 Å². The Kier molecular flexibility index (Phi) is 2.10. The van der Waals surface area contributed by atoms with Crippen molar-refractivity contribution < 1.29 is 9.90 Å². The van der Waals surface area contributed by atoms with Crippen LogP contribution in [-0.4, -0.2) is 10.9 Å². The molecule has 2 nitrogen and oxygen atoms in total. The van der Waals surface area contributed by atoms with E-state index in [2.05, 4.69) is 0 Å². The number of aromatic hydroxyl groups is 1. The number of hydrogen-bond donors (Lipinski definition) is 1. The van der Waals surface area contributed by atoms with Gasteiger partial charge in [-0.1, -0.05) is 11.6 Å². The molecule has 0 bridgehead atoms. The van der Waals surface area contributed by atoms with E-state index in [1.165, 1.54) is 16.7 Å². The van der Waals surface area contributed by atoms with Gasteiger partial charge in [-0.2, -0.15) is 0 Å². The zero-order valence-corrected chi connectivity index (χ0v) is 9.07. The summed E-state index contributed by atoms with van der Waals surface area (Å²) in [5.74, 6) is 1.04. The third kappa shape index (κ3) is 1.45. The van der Waals surface area contributed by atoms with Gasteiger partial charge in [0.05, 0.1) is 0 Å². The summed E-state index contributed by atoms with van der Waals surface area (Å²) >= 11 is 0. The summed E-state index contributed by atoms with van der Waals surface area (Å²) in [7, 11) is 0. The van der Waals surface area contributed by atoms with Gasteiger partial charge in [-0.15, -0.1) is 0 Å². The number of benzene rings is 1. The molecule has 0 saturated carbocycles. The molecule has 1 N–H and O–H groups in total. The second-order valence-corrected chi connectivity index (χ2v) is 4.66. The summed E-state index contributed by atoms with van der Waals surface area (Å²) in [6.45, 7) is 0. The Bertz CT molecular complexity index is 486. The predicted molar refractivity (Wildman–Crippen MR) is 61.5 cm³/mol. The van der Waals surface area contributed by atoms with Crippen LogP contribution in [0.15, 0.2) is 29.8 Å². The van der Waals surface area contributed by atoms with Crippen molar-refractivity contribution >= 4 is 5.78 Å². The van der Waals surface area contributed by atoms with Gasteiger partial charge in [0.2, 0.25) is 0 Å². The standard InChI is InChI=1S/C14H14O2/c15-11-3-5-13-9(7-11)1-2-10-8-12(16)4-6-14(10)13/h3,5,7-8,14-15H,1-2,4,6H2. The maximum Gasteiger partial charge on any atom is 0.155 e. The Morgan fingerprint density at radius 2 is 2.06 bits per heavy atom. The lowest BCUT2D eigenvalue weighted by Gasteiger charge is -2.30. The first-order chi connectivity index (χ1) is 7.74. The molecule has 0 aliphatic heterocycles. The van der Waals surface area contributed by atoms with Crippen LogP contribution in [0.1, 0.15) is 36.3 Å². The first-order valence-corrected chi connectivity index (χ1v) is 5.79. The van der Waals surface area contributed by atoms with Crippen molar-refractivity contribution in [3.05, 3.63) is 41.0 Å². The van der Waals surface area contributed by atoms with E-state index >= 15 is 0 Å². The number of allylic oxidation sites excluding steroid dienone is 2. The van der Waals surface area contributed by atoms with Crippen molar-refractivity contribution in [1.29, 1.82) is 0 Å². The third-order valence-electron chi connectivity index (χ3n) is 3.66. The number of rotatable bonds is 0. The van der Waals surface area contributed by atoms with Crippen LogP contribution in [0.3, 0.4) is 0 Å². The van der Waals surface area contributed by atoms with Crippen LogP contribution in [-0.2, 0) is 11.2 Å². The Morgan fingerprint density at radius 1 is 1.19 bits per heavy atom. The van der Waals surface area contributed by atoms with Crippen LogP contribution < -0.4 is 0 Å². The van der Waals surface area contributed by atoms with Gasteiger partial charge in [0.1, 0.15) is 5.75 Å². The molecule has 3 rings (SSSR count). The number of aryl methyl sites for hydroxylation is 1. The minimum absolute atomic E-state index is 0.272. The van der Waals surface area contributed by atoms with Crippen LogP contribution in [0, 0.1) is 0 Å². The fourth-order valence-corrected chi connectivity index (χ4v) is 2.88. The zero-order valence-electron chi connectivity index (χ0n) is 9.07. The van der Waals surface area contributed by atoms with Crippen molar-refractivity contribution in [3.63, 3.8) is 0 Å². The second kappa shape index (κ2) is 3.48. The molecule has 2 aliphatic rings.